The van der Waals surface area contributed by atoms with Gasteiger partial charge in [-0.1, -0.05) is 41.4 Å². The Bertz CT molecular complexity index is 852. The first kappa shape index (κ1) is 20.5. The Morgan fingerprint density at radius 3 is 2.33 bits per heavy atom. The first-order valence-corrected chi connectivity index (χ1v) is 8.80. The van der Waals surface area contributed by atoms with Crippen LogP contribution in [0.3, 0.4) is 0 Å². The number of hydrogen-bond donors (Lipinski definition) is 2. The number of anilines is 2. The molecule has 0 aliphatic rings. The zero-order valence-electron chi connectivity index (χ0n) is 15.2. The summed E-state index contributed by atoms with van der Waals surface area (Å²) in [6.45, 7) is 3.42. The van der Waals surface area contributed by atoms with Gasteiger partial charge in [-0.2, -0.15) is 0 Å². The molecule has 2 N–H and O–H groups in total. The van der Waals surface area contributed by atoms with E-state index < -0.39 is 18.5 Å². The van der Waals surface area contributed by atoms with Crippen molar-refractivity contribution in [2.45, 2.75) is 26.7 Å². The second-order valence-corrected chi connectivity index (χ2v) is 6.46. The van der Waals surface area contributed by atoms with Crippen molar-refractivity contribution >= 4 is 40.8 Å². The van der Waals surface area contributed by atoms with Gasteiger partial charge in [0.05, 0.1) is 17.1 Å². The highest BCUT2D eigenvalue weighted by Gasteiger charge is 2.12. The second-order valence-electron chi connectivity index (χ2n) is 6.06. The molecule has 2 amide bonds. The van der Waals surface area contributed by atoms with E-state index in [1.807, 2.05) is 32.0 Å². The van der Waals surface area contributed by atoms with Gasteiger partial charge in [0.2, 0.25) is 5.91 Å². The van der Waals surface area contributed by atoms with Crippen molar-refractivity contribution in [1.82, 2.24) is 0 Å². The fourth-order valence-electron chi connectivity index (χ4n) is 2.35. The average Bonchev–Trinajstić information content (AvgIpc) is 2.62. The van der Waals surface area contributed by atoms with Crippen molar-refractivity contribution in [2.24, 2.45) is 0 Å². The summed E-state index contributed by atoms with van der Waals surface area (Å²) in [6, 6.07) is 12.4. The number of ether oxygens (including phenoxy) is 1. The van der Waals surface area contributed by atoms with Crippen molar-refractivity contribution in [1.29, 1.82) is 0 Å². The standard InChI is InChI=1S/C20H21ClN2O4/c1-13-7-8-16(14(2)11-13)22-18(24)9-10-20(26)27-12-19(25)23-17-6-4-3-5-15(17)21/h3-8,11H,9-10,12H2,1-2H3,(H,22,24)(H,23,25). The van der Waals surface area contributed by atoms with E-state index in [1.54, 1.807) is 24.3 Å². The maximum atomic E-state index is 12.0. The number of carbonyl (C=O) groups is 3. The molecule has 0 saturated heterocycles. The molecule has 0 saturated carbocycles. The van der Waals surface area contributed by atoms with E-state index in [0.29, 0.717) is 16.4 Å². The zero-order chi connectivity index (χ0) is 19.8. The van der Waals surface area contributed by atoms with Gasteiger partial charge in [0.15, 0.2) is 6.61 Å². The molecule has 0 radical (unpaired) electrons. The number of amides is 2. The van der Waals surface area contributed by atoms with Crippen molar-refractivity contribution in [2.75, 3.05) is 17.2 Å². The molecule has 7 heteroatoms. The highest BCUT2D eigenvalue weighted by Crippen LogP contribution is 2.20. The van der Waals surface area contributed by atoms with E-state index >= 15 is 0 Å². The molecule has 2 aromatic rings. The van der Waals surface area contributed by atoms with Crippen LogP contribution in [-0.4, -0.2) is 24.4 Å². The maximum absolute atomic E-state index is 12.0. The van der Waals surface area contributed by atoms with Gasteiger partial charge in [-0.3, -0.25) is 14.4 Å². The fourth-order valence-corrected chi connectivity index (χ4v) is 2.53. The maximum Gasteiger partial charge on any atom is 0.306 e. The van der Waals surface area contributed by atoms with Crippen LogP contribution in [0.4, 0.5) is 11.4 Å². The number of nitrogens with one attached hydrogen (secondary N) is 2. The van der Waals surface area contributed by atoms with Crippen LogP contribution >= 0.6 is 11.6 Å². The Hall–Kier alpha value is -2.86. The highest BCUT2D eigenvalue weighted by molar-refractivity contribution is 6.33. The molecular formula is C20H21ClN2O4. The van der Waals surface area contributed by atoms with Gasteiger partial charge in [-0.15, -0.1) is 0 Å². The van der Waals surface area contributed by atoms with Crippen molar-refractivity contribution in [3.8, 4) is 0 Å². The van der Waals surface area contributed by atoms with Gasteiger partial charge in [0.25, 0.3) is 5.91 Å². The van der Waals surface area contributed by atoms with Crippen molar-refractivity contribution in [3.63, 3.8) is 0 Å². The lowest BCUT2D eigenvalue weighted by atomic mass is 10.1. The van der Waals surface area contributed by atoms with Crippen LogP contribution in [0.1, 0.15) is 24.0 Å². The van der Waals surface area contributed by atoms with E-state index in [1.165, 1.54) is 0 Å². The number of hydrogen-bond acceptors (Lipinski definition) is 4. The van der Waals surface area contributed by atoms with Crippen LogP contribution in [0.25, 0.3) is 0 Å². The van der Waals surface area contributed by atoms with E-state index in [-0.39, 0.29) is 18.7 Å². The summed E-state index contributed by atoms with van der Waals surface area (Å²) in [6.07, 6.45) is -0.144. The predicted octanol–water partition coefficient (Wildman–Crippen LogP) is 3.86. The van der Waals surface area contributed by atoms with Gasteiger partial charge in [0, 0.05) is 12.1 Å². The van der Waals surface area contributed by atoms with Gasteiger partial charge in [0.1, 0.15) is 0 Å². The van der Waals surface area contributed by atoms with Crippen molar-refractivity contribution in [3.05, 3.63) is 58.6 Å². The van der Waals surface area contributed by atoms with E-state index in [0.717, 1.165) is 11.1 Å². The summed E-state index contributed by atoms with van der Waals surface area (Å²) in [4.78, 5) is 35.5. The lowest BCUT2D eigenvalue weighted by molar-refractivity contribution is -0.147. The van der Waals surface area contributed by atoms with Crippen LogP contribution in [0.2, 0.25) is 5.02 Å². The van der Waals surface area contributed by atoms with Crippen LogP contribution in [0.15, 0.2) is 42.5 Å². The Morgan fingerprint density at radius 2 is 1.63 bits per heavy atom. The molecule has 0 fully saturated rings. The summed E-state index contributed by atoms with van der Waals surface area (Å²) in [5, 5.41) is 5.69. The molecule has 0 bridgehead atoms. The van der Waals surface area contributed by atoms with Crippen LogP contribution in [-0.2, 0) is 19.1 Å². The summed E-state index contributed by atoms with van der Waals surface area (Å²) in [5.41, 5.74) is 3.19. The van der Waals surface area contributed by atoms with Gasteiger partial charge in [-0.05, 0) is 37.6 Å². The number of rotatable bonds is 7. The number of para-hydroxylation sites is 1. The predicted molar refractivity (Wildman–Crippen MR) is 105 cm³/mol. The van der Waals surface area contributed by atoms with Gasteiger partial charge >= 0.3 is 5.97 Å². The van der Waals surface area contributed by atoms with Gasteiger partial charge in [-0.25, -0.2) is 0 Å². The van der Waals surface area contributed by atoms with Crippen molar-refractivity contribution < 1.29 is 19.1 Å². The number of aryl methyl sites for hydroxylation is 2. The van der Waals surface area contributed by atoms with Gasteiger partial charge < -0.3 is 15.4 Å². The van der Waals surface area contributed by atoms with E-state index in [2.05, 4.69) is 10.6 Å². The van der Waals surface area contributed by atoms with Crippen LogP contribution in [0, 0.1) is 13.8 Å². The first-order valence-electron chi connectivity index (χ1n) is 8.42. The van der Waals surface area contributed by atoms with E-state index in [4.69, 9.17) is 16.3 Å². The second kappa shape index (κ2) is 9.73. The quantitative estimate of drug-likeness (QED) is 0.705. The number of halogens is 1. The Morgan fingerprint density at radius 1 is 0.926 bits per heavy atom. The minimum Gasteiger partial charge on any atom is -0.456 e. The highest BCUT2D eigenvalue weighted by atomic mass is 35.5. The molecule has 142 valence electrons. The third-order valence-corrected chi connectivity index (χ3v) is 4.05. The third kappa shape index (κ3) is 6.75. The molecule has 6 nitrogen and oxygen atoms in total. The largest absolute Gasteiger partial charge is 0.456 e. The number of carbonyl (C=O) groups excluding carboxylic acids is 3. The molecule has 2 rings (SSSR count). The number of esters is 1. The summed E-state index contributed by atoms with van der Waals surface area (Å²) in [5.74, 6) is -1.42. The molecule has 0 aliphatic carbocycles. The first-order chi connectivity index (χ1) is 12.8. The summed E-state index contributed by atoms with van der Waals surface area (Å²) in [7, 11) is 0. The monoisotopic (exact) mass is 388 g/mol. The molecule has 0 unspecified atom stereocenters. The Balaban J connectivity index is 1.71. The molecule has 0 heterocycles. The molecule has 27 heavy (non-hydrogen) atoms. The van der Waals surface area contributed by atoms with E-state index in [9.17, 15) is 14.4 Å². The zero-order valence-corrected chi connectivity index (χ0v) is 15.9. The minimum atomic E-state index is -0.625. The number of benzene rings is 2. The van der Waals surface area contributed by atoms with Crippen LogP contribution < -0.4 is 10.6 Å². The Labute approximate surface area is 162 Å². The molecule has 0 aliphatic heterocycles. The molecule has 0 spiro atoms. The summed E-state index contributed by atoms with van der Waals surface area (Å²) >= 11 is 5.93. The molecule has 2 aromatic carbocycles. The topological polar surface area (TPSA) is 84.5 Å². The molecule has 0 atom stereocenters. The third-order valence-electron chi connectivity index (χ3n) is 3.72. The SMILES string of the molecule is Cc1ccc(NC(=O)CCC(=O)OCC(=O)Nc2ccccc2Cl)c(C)c1. The van der Waals surface area contributed by atoms with Crippen LogP contribution in [0.5, 0.6) is 0 Å². The molecular weight excluding hydrogens is 368 g/mol. The smallest absolute Gasteiger partial charge is 0.306 e. The lowest BCUT2D eigenvalue weighted by Crippen LogP contribution is -2.22. The Kier molecular flexibility index (Phi) is 7.37. The minimum absolute atomic E-state index is 0.0295. The molecule has 0 aromatic heterocycles. The fraction of sp³-hybridized carbons (Fsp3) is 0.250. The lowest BCUT2D eigenvalue weighted by Gasteiger charge is -2.09. The average molecular weight is 389 g/mol. The summed E-state index contributed by atoms with van der Waals surface area (Å²) < 4.78 is 4.88. The normalized spacial score (nSPS) is 10.2.